The van der Waals surface area contributed by atoms with E-state index in [1.807, 2.05) is 0 Å². The lowest BCUT2D eigenvalue weighted by atomic mass is 9.98. The average Bonchev–Trinajstić information content (AvgIpc) is 2.83. The van der Waals surface area contributed by atoms with E-state index in [2.05, 4.69) is 50.4 Å². The molecule has 3 unspecified atom stereocenters. The zero-order valence-electron chi connectivity index (χ0n) is 11.8. The molecule has 1 aromatic carbocycles. The summed E-state index contributed by atoms with van der Waals surface area (Å²) in [6, 6.07) is 9.17. The zero-order chi connectivity index (χ0) is 13.0. The molecule has 1 aromatic rings. The predicted octanol–water partition coefficient (Wildman–Crippen LogP) is 3.46. The van der Waals surface area contributed by atoms with Crippen LogP contribution in [0.4, 0.5) is 0 Å². The Balaban J connectivity index is 1.86. The van der Waals surface area contributed by atoms with Gasteiger partial charge in [-0.05, 0) is 38.2 Å². The van der Waals surface area contributed by atoms with E-state index in [1.165, 1.54) is 17.5 Å². The van der Waals surface area contributed by atoms with Crippen molar-refractivity contribution in [1.29, 1.82) is 0 Å². The van der Waals surface area contributed by atoms with Gasteiger partial charge in [0, 0.05) is 19.2 Å². The summed E-state index contributed by atoms with van der Waals surface area (Å²) >= 11 is 0. The number of hydrogen-bond acceptors (Lipinski definition) is 2. The van der Waals surface area contributed by atoms with E-state index < -0.39 is 0 Å². The van der Waals surface area contributed by atoms with Crippen LogP contribution in [0.1, 0.15) is 43.9 Å². The van der Waals surface area contributed by atoms with Gasteiger partial charge < -0.3 is 10.1 Å². The number of benzene rings is 1. The Hall–Kier alpha value is -0.860. The van der Waals surface area contributed by atoms with Crippen molar-refractivity contribution in [3.05, 3.63) is 35.4 Å². The topological polar surface area (TPSA) is 21.3 Å². The molecule has 0 spiro atoms. The van der Waals surface area contributed by atoms with E-state index in [9.17, 15) is 0 Å². The van der Waals surface area contributed by atoms with Gasteiger partial charge in [-0.25, -0.2) is 0 Å². The lowest BCUT2D eigenvalue weighted by Gasteiger charge is -2.21. The first-order chi connectivity index (χ1) is 8.70. The molecule has 100 valence electrons. The van der Waals surface area contributed by atoms with Gasteiger partial charge in [0.1, 0.15) is 0 Å². The summed E-state index contributed by atoms with van der Waals surface area (Å²) in [6.45, 7) is 8.60. The van der Waals surface area contributed by atoms with Crippen molar-refractivity contribution in [3.63, 3.8) is 0 Å². The zero-order valence-corrected chi connectivity index (χ0v) is 11.8. The van der Waals surface area contributed by atoms with Crippen molar-refractivity contribution in [3.8, 4) is 0 Å². The minimum atomic E-state index is 0.419. The molecule has 1 saturated heterocycles. The van der Waals surface area contributed by atoms with Crippen LogP contribution in [-0.2, 0) is 4.74 Å². The molecule has 1 aliphatic heterocycles. The van der Waals surface area contributed by atoms with E-state index in [4.69, 9.17) is 4.74 Å². The van der Waals surface area contributed by atoms with Crippen LogP contribution in [0.2, 0.25) is 0 Å². The first kappa shape index (κ1) is 13.6. The monoisotopic (exact) mass is 247 g/mol. The summed E-state index contributed by atoms with van der Waals surface area (Å²) < 4.78 is 5.73. The number of aryl methyl sites for hydroxylation is 1. The number of ether oxygens (including phenoxy) is 1. The van der Waals surface area contributed by atoms with Crippen LogP contribution in [0.25, 0.3) is 0 Å². The molecule has 2 heteroatoms. The number of hydrogen-bond donors (Lipinski definition) is 1. The third-order valence-corrected chi connectivity index (χ3v) is 3.98. The van der Waals surface area contributed by atoms with Crippen LogP contribution in [-0.4, -0.2) is 19.3 Å². The summed E-state index contributed by atoms with van der Waals surface area (Å²) in [7, 11) is 0. The van der Waals surface area contributed by atoms with Crippen LogP contribution in [0, 0.1) is 12.8 Å². The Morgan fingerprint density at radius 1 is 1.44 bits per heavy atom. The number of rotatable bonds is 5. The first-order valence-electron chi connectivity index (χ1n) is 7.12. The Morgan fingerprint density at radius 2 is 2.28 bits per heavy atom. The molecule has 0 bridgehead atoms. The maximum absolute atomic E-state index is 5.73. The average molecular weight is 247 g/mol. The Labute approximate surface area is 111 Å². The second kappa shape index (κ2) is 6.35. The Kier molecular flexibility index (Phi) is 4.79. The first-order valence-corrected chi connectivity index (χ1v) is 7.12. The molecule has 2 nitrogen and oxygen atoms in total. The summed E-state index contributed by atoms with van der Waals surface area (Å²) in [6.07, 6.45) is 2.79. The largest absolute Gasteiger partial charge is 0.378 e. The fraction of sp³-hybridized carbons (Fsp3) is 0.625. The third-order valence-electron chi connectivity index (χ3n) is 3.98. The van der Waals surface area contributed by atoms with Gasteiger partial charge in [0.15, 0.2) is 0 Å². The molecule has 3 atom stereocenters. The van der Waals surface area contributed by atoms with Gasteiger partial charge in [0.25, 0.3) is 0 Å². The van der Waals surface area contributed by atoms with Crippen LogP contribution < -0.4 is 5.32 Å². The van der Waals surface area contributed by atoms with E-state index in [1.54, 1.807) is 0 Å². The molecule has 1 aliphatic rings. The molecule has 0 aromatic heterocycles. The van der Waals surface area contributed by atoms with Gasteiger partial charge in [-0.3, -0.25) is 0 Å². The van der Waals surface area contributed by atoms with Crippen LogP contribution in [0.5, 0.6) is 0 Å². The van der Waals surface area contributed by atoms with Crippen molar-refractivity contribution in [2.45, 2.75) is 45.8 Å². The Bertz CT molecular complexity index is 377. The second-order valence-electron chi connectivity index (χ2n) is 5.41. The lowest BCUT2D eigenvalue weighted by Crippen LogP contribution is -2.30. The van der Waals surface area contributed by atoms with Crippen LogP contribution >= 0.6 is 0 Å². The SMILES string of the molecule is CCC1OCCC1CNC(C)c1cccc(C)c1. The van der Waals surface area contributed by atoms with Crippen molar-refractivity contribution in [2.24, 2.45) is 5.92 Å². The molecule has 0 aliphatic carbocycles. The van der Waals surface area contributed by atoms with E-state index >= 15 is 0 Å². The minimum Gasteiger partial charge on any atom is -0.378 e. The highest BCUT2D eigenvalue weighted by Gasteiger charge is 2.26. The van der Waals surface area contributed by atoms with Crippen LogP contribution in [0.3, 0.4) is 0 Å². The molecule has 1 N–H and O–H groups in total. The van der Waals surface area contributed by atoms with E-state index in [-0.39, 0.29) is 0 Å². The maximum atomic E-state index is 5.73. The second-order valence-corrected chi connectivity index (χ2v) is 5.41. The number of nitrogens with one attached hydrogen (secondary N) is 1. The van der Waals surface area contributed by atoms with Gasteiger partial charge in [-0.15, -0.1) is 0 Å². The predicted molar refractivity (Wildman–Crippen MR) is 75.7 cm³/mol. The molecular weight excluding hydrogens is 222 g/mol. The van der Waals surface area contributed by atoms with Gasteiger partial charge in [0.2, 0.25) is 0 Å². The molecule has 2 rings (SSSR count). The molecule has 1 heterocycles. The minimum absolute atomic E-state index is 0.419. The van der Waals surface area contributed by atoms with Gasteiger partial charge in [-0.2, -0.15) is 0 Å². The summed E-state index contributed by atoms with van der Waals surface area (Å²) in [5.41, 5.74) is 2.71. The molecule has 0 amide bonds. The van der Waals surface area contributed by atoms with Crippen molar-refractivity contribution in [2.75, 3.05) is 13.2 Å². The highest BCUT2D eigenvalue weighted by Crippen LogP contribution is 2.23. The highest BCUT2D eigenvalue weighted by molar-refractivity contribution is 5.24. The lowest BCUT2D eigenvalue weighted by molar-refractivity contribution is 0.0867. The summed E-state index contributed by atoms with van der Waals surface area (Å²) in [4.78, 5) is 0. The Morgan fingerprint density at radius 3 is 3.00 bits per heavy atom. The van der Waals surface area contributed by atoms with Gasteiger partial charge in [0.05, 0.1) is 6.10 Å². The van der Waals surface area contributed by atoms with Gasteiger partial charge in [-0.1, -0.05) is 36.8 Å². The molecular formula is C16H25NO. The standard InChI is InChI=1S/C16H25NO/c1-4-16-15(8-9-18-16)11-17-13(3)14-7-5-6-12(2)10-14/h5-7,10,13,15-17H,4,8-9,11H2,1-3H3. The maximum Gasteiger partial charge on any atom is 0.0613 e. The summed E-state index contributed by atoms with van der Waals surface area (Å²) in [5.74, 6) is 0.683. The molecule has 1 fully saturated rings. The highest BCUT2D eigenvalue weighted by atomic mass is 16.5. The van der Waals surface area contributed by atoms with Gasteiger partial charge >= 0.3 is 0 Å². The molecule has 0 radical (unpaired) electrons. The third kappa shape index (κ3) is 3.33. The van der Waals surface area contributed by atoms with Crippen LogP contribution in [0.15, 0.2) is 24.3 Å². The van der Waals surface area contributed by atoms with E-state index in [0.29, 0.717) is 18.1 Å². The molecule has 0 saturated carbocycles. The summed E-state index contributed by atoms with van der Waals surface area (Å²) in [5, 5.41) is 3.65. The van der Waals surface area contributed by atoms with Crippen molar-refractivity contribution in [1.82, 2.24) is 5.32 Å². The normalized spacial score (nSPS) is 25.3. The molecule has 18 heavy (non-hydrogen) atoms. The quantitative estimate of drug-likeness (QED) is 0.860. The van der Waals surface area contributed by atoms with E-state index in [0.717, 1.165) is 19.6 Å². The van der Waals surface area contributed by atoms with Crippen molar-refractivity contribution >= 4 is 0 Å². The smallest absolute Gasteiger partial charge is 0.0613 e. The van der Waals surface area contributed by atoms with Crippen molar-refractivity contribution < 1.29 is 4.74 Å². The fourth-order valence-electron chi connectivity index (χ4n) is 2.76. The fourth-order valence-corrected chi connectivity index (χ4v) is 2.76.